The Bertz CT molecular complexity index is 456. The van der Waals surface area contributed by atoms with Crippen molar-refractivity contribution in [3.05, 3.63) is 35.4 Å². The number of likely N-dealkylation sites (tertiary alicyclic amines) is 1. The van der Waals surface area contributed by atoms with Crippen molar-refractivity contribution in [1.29, 1.82) is 5.26 Å². The minimum atomic E-state index is -0.214. The second-order valence-corrected chi connectivity index (χ2v) is 5.95. The molecule has 0 aliphatic carbocycles. The van der Waals surface area contributed by atoms with Gasteiger partial charge < -0.3 is 10.4 Å². The maximum atomic E-state index is 9.26. The minimum Gasteiger partial charge on any atom is -0.393 e. The van der Waals surface area contributed by atoms with Crippen molar-refractivity contribution < 1.29 is 5.11 Å². The molecule has 0 saturated carbocycles. The first-order chi connectivity index (χ1) is 10.2. The molecule has 1 heterocycles. The third-order valence-electron chi connectivity index (χ3n) is 4.07. The van der Waals surface area contributed by atoms with E-state index >= 15 is 0 Å². The standard InChI is InChI=1S/C17H25N3O/c1-14(21)6-9-19-17-7-10-20(11-8-17)13-16-4-2-15(12-18)3-5-16/h2-5,14,17,19,21H,6-11,13H2,1H3. The monoisotopic (exact) mass is 287 g/mol. The summed E-state index contributed by atoms with van der Waals surface area (Å²) in [4.78, 5) is 2.47. The average molecular weight is 287 g/mol. The molecule has 114 valence electrons. The van der Waals surface area contributed by atoms with Crippen LogP contribution in [-0.2, 0) is 6.54 Å². The Labute approximate surface area is 127 Å². The highest BCUT2D eigenvalue weighted by molar-refractivity contribution is 5.31. The summed E-state index contributed by atoms with van der Waals surface area (Å²) in [5.41, 5.74) is 1.99. The molecule has 1 atom stereocenters. The number of nitrogens with one attached hydrogen (secondary N) is 1. The van der Waals surface area contributed by atoms with E-state index in [9.17, 15) is 5.11 Å². The fourth-order valence-electron chi connectivity index (χ4n) is 2.73. The average Bonchev–Trinajstić information content (AvgIpc) is 2.49. The molecular formula is C17H25N3O. The zero-order chi connectivity index (χ0) is 15.1. The summed E-state index contributed by atoms with van der Waals surface area (Å²) in [6, 6.07) is 10.6. The number of nitriles is 1. The van der Waals surface area contributed by atoms with E-state index in [0.29, 0.717) is 6.04 Å². The van der Waals surface area contributed by atoms with Crippen LogP contribution in [0.4, 0.5) is 0 Å². The summed E-state index contributed by atoms with van der Waals surface area (Å²) in [5.74, 6) is 0. The van der Waals surface area contributed by atoms with Crippen LogP contribution in [0.1, 0.15) is 37.3 Å². The number of rotatable bonds is 6. The highest BCUT2D eigenvalue weighted by Crippen LogP contribution is 2.14. The van der Waals surface area contributed by atoms with Gasteiger partial charge in [0, 0.05) is 12.6 Å². The van der Waals surface area contributed by atoms with E-state index in [4.69, 9.17) is 5.26 Å². The molecule has 4 heteroatoms. The zero-order valence-electron chi connectivity index (χ0n) is 12.8. The number of aliphatic hydroxyl groups excluding tert-OH is 1. The van der Waals surface area contributed by atoms with Crippen molar-refractivity contribution in [2.24, 2.45) is 0 Å². The maximum Gasteiger partial charge on any atom is 0.0991 e. The van der Waals surface area contributed by atoms with Crippen molar-refractivity contribution in [2.45, 2.75) is 44.9 Å². The van der Waals surface area contributed by atoms with Gasteiger partial charge in [0.2, 0.25) is 0 Å². The lowest BCUT2D eigenvalue weighted by molar-refractivity contribution is 0.169. The van der Waals surface area contributed by atoms with Crippen molar-refractivity contribution >= 4 is 0 Å². The fourth-order valence-corrected chi connectivity index (χ4v) is 2.73. The van der Waals surface area contributed by atoms with E-state index < -0.39 is 0 Å². The molecule has 1 aromatic carbocycles. The summed E-state index contributed by atoms with van der Waals surface area (Å²) in [6.45, 7) is 5.91. The second-order valence-electron chi connectivity index (χ2n) is 5.95. The molecule has 0 bridgehead atoms. The Kier molecular flexibility index (Phi) is 6.19. The lowest BCUT2D eigenvalue weighted by atomic mass is 10.0. The van der Waals surface area contributed by atoms with Gasteiger partial charge in [-0.05, 0) is 63.5 Å². The third-order valence-corrected chi connectivity index (χ3v) is 4.07. The smallest absolute Gasteiger partial charge is 0.0991 e. The summed E-state index contributed by atoms with van der Waals surface area (Å²) in [5, 5.41) is 21.6. The highest BCUT2D eigenvalue weighted by Gasteiger charge is 2.18. The molecule has 1 aromatic rings. The van der Waals surface area contributed by atoms with Crippen molar-refractivity contribution in [2.75, 3.05) is 19.6 Å². The van der Waals surface area contributed by atoms with Gasteiger partial charge in [0.1, 0.15) is 0 Å². The Balaban J connectivity index is 1.70. The number of nitrogens with zero attached hydrogens (tertiary/aromatic N) is 2. The molecule has 1 unspecified atom stereocenters. The largest absolute Gasteiger partial charge is 0.393 e. The zero-order valence-corrected chi connectivity index (χ0v) is 12.8. The molecule has 1 aliphatic rings. The molecule has 21 heavy (non-hydrogen) atoms. The Morgan fingerprint density at radius 1 is 1.33 bits per heavy atom. The summed E-state index contributed by atoms with van der Waals surface area (Å²) >= 11 is 0. The number of hydrogen-bond acceptors (Lipinski definition) is 4. The second kappa shape index (κ2) is 8.14. The molecule has 1 aliphatic heterocycles. The lowest BCUT2D eigenvalue weighted by Gasteiger charge is -2.32. The molecule has 0 amide bonds. The fraction of sp³-hybridized carbons (Fsp3) is 0.588. The van der Waals surface area contributed by atoms with Crippen molar-refractivity contribution in [3.63, 3.8) is 0 Å². The van der Waals surface area contributed by atoms with Crippen molar-refractivity contribution in [3.8, 4) is 6.07 Å². The number of hydrogen-bond donors (Lipinski definition) is 2. The van der Waals surface area contributed by atoms with Gasteiger partial charge in [0.15, 0.2) is 0 Å². The summed E-state index contributed by atoms with van der Waals surface area (Å²) in [6.07, 6.45) is 2.94. The van der Waals surface area contributed by atoms with Crippen LogP contribution in [0, 0.1) is 11.3 Å². The predicted octanol–water partition coefficient (Wildman–Crippen LogP) is 1.88. The first-order valence-electron chi connectivity index (χ1n) is 7.80. The van der Waals surface area contributed by atoms with Gasteiger partial charge in [-0.15, -0.1) is 0 Å². The first-order valence-corrected chi connectivity index (χ1v) is 7.80. The van der Waals surface area contributed by atoms with Gasteiger partial charge in [-0.3, -0.25) is 4.90 Å². The van der Waals surface area contributed by atoms with Gasteiger partial charge >= 0.3 is 0 Å². The maximum absolute atomic E-state index is 9.26. The molecule has 0 radical (unpaired) electrons. The van der Waals surface area contributed by atoms with Crippen LogP contribution in [0.3, 0.4) is 0 Å². The Morgan fingerprint density at radius 2 is 2.00 bits per heavy atom. The summed E-state index contributed by atoms with van der Waals surface area (Å²) < 4.78 is 0. The number of aliphatic hydroxyl groups is 1. The summed E-state index contributed by atoms with van der Waals surface area (Å²) in [7, 11) is 0. The van der Waals surface area contributed by atoms with E-state index in [2.05, 4.69) is 16.3 Å². The van der Waals surface area contributed by atoms with Crippen LogP contribution in [0.5, 0.6) is 0 Å². The quantitative estimate of drug-likeness (QED) is 0.839. The van der Waals surface area contributed by atoms with E-state index in [0.717, 1.165) is 51.0 Å². The lowest BCUT2D eigenvalue weighted by Crippen LogP contribution is -2.42. The van der Waals surface area contributed by atoms with E-state index in [1.165, 1.54) is 5.56 Å². The molecule has 0 spiro atoms. The molecule has 4 nitrogen and oxygen atoms in total. The number of piperidine rings is 1. The van der Waals surface area contributed by atoms with Gasteiger partial charge in [-0.25, -0.2) is 0 Å². The molecule has 0 aromatic heterocycles. The topological polar surface area (TPSA) is 59.3 Å². The molecular weight excluding hydrogens is 262 g/mol. The third kappa shape index (κ3) is 5.47. The van der Waals surface area contributed by atoms with E-state index in [-0.39, 0.29) is 6.10 Å². The van der Waals surface area contributed by atoms with Gasteiger partial charge in [0.25, 0.3) is 0 Å². The van der Waals surface area contributed by atoms with Gasteiger partial charge in [0.05, 0.1) is 17.7 Å². The van der Waals surface area contributed by atoms with Crippen LogP contribution >= 0.6 is 0 Å². The molecule has 2 N–H and O–H groups in total. The van der Waals surface area contributed by atoms with E-state index in [1.807, 2.05) is 31.2 Å². The van der Waals surface area contributed by atoms with Gasteiger partial charge in [-0.2, -0.15) is 5.26 Å². The SMILES string of the molecule is CC(O)CCNC1CCN(Cc2ccc(C#N)cc2)CC1. The van der Waals surface area contributed by atoms with Crippen LogP contribution in [0.25, 0.3) is 0 Å². The first kappa shape index (κ1) is 16.0. The van der Waals surface area contributed by atoms with Crippen LogP contribution < -0.4 is 5.32 Å². The minimum absolute atomic E-state index is 0.214. The Morgan fingerprint density at radius 3 is 2.57 bits per heavy atom. The molecule has 1 fully saturated rings. The predicted molar refractivity (Wildman–Crippen MR) is 83.8 cm³/mol. The van der Waals surface area contributed by atoms with Crippen LogP contribution in [0.2, 0.25) is 0 Å². The normalized spacial score (nSPS) is 18.3. The van der Waals surface area contributed by atoms with Crippen molar-refractivity contribution in [1.82, 2.24) is 10.2 Å². The van der Waals surface area contributed by atoms with Gasteiger partial charge in [-0.1, -0.05) is 12.1 Å². The highest BCUT2D eigenvalue weighted by atomic mass is 16.3. The van der Waals surface area contributed by atoms with Crippen LogP contribution in [0.15, 0.2) is 24.3 Å². The molecule has 2 rings (SSSR count). The Hall–Kier alpha value is -1.41. The number of benzene rings is 1. The van der Waals surface area contributed by atoms with E-state index in [1.54, 1.807) is 0 Å². The van der Waals surface area contributed by atoms with Crippen LogP contribution in [-0.4, -0.2) is 41.8 Å². The molecule has 1 saturated heterocycles.